The molecule has 0 amide bonds. The van der Waals surface area contributed by atoms with E-state index in [9.17, 15) is 4.21 Å². The fourth-order valence-corrected chi connectivity index (χ4v) is 6.80. The van der Waals surface area contributed by atoms with Gasteiger partial charge >= 0.3 is 0 Å². The highest BCUT2D eigenvalue weighted by Gasteiger charge is 2.32. The van der Waals surface area contributed by atoms with Gasteiger partial charge in [0.15, 0.2) is 0 Å². The standard InChI is InChI=1S/C21H30N4OS2/c1-21(2,25-9-11-28(26)12-10-25)13-22-19-17-15-5-3-4-6-16(15)27-20(17)24-18(23-19)14-7-8-14/h14H,3-13H2,1-2H3,(H,22,23,24). The van der Waals surface area contributed by atoms with Gasteiger partial charge in [-0.15, -0.1) is 11.3 Å². The molecule has 1 aliphatic heterocycles. The molecule has 0 unspecified atom stereocenters. The fraction of sp³-hybridized carbons (Fsp3) is 0.714. The molecule has 3 heterocycles. The Hall–Kier alpha value is -1.05. The van der Waals surface area contributed by atoms with Gasteiger partial charge in [0, 0.05) is 58.3 Å². The predicted molar refractivity (Wildman–Crippen MR) is 118 cm³/mol. The van der Waals surface area contributed by atoms with Gasteiger partial charge in [-0.25, -0.2) is 9.97 Å². The van der Waals surface area contributed by atoms with Crippen LogP contribution in [-0.4, -0.2) is 55.8 Å². The summed E-state index contributed by atoms with van der Waals surface area (Å²) in [5, 5.41) is 5.03. The normalized spacial score (nSPS) is 21.8. The Kier molecular flexibility index (Phi) is 4.96. The average Bonchev–Trinajstić information content (AvgIpc) is 3.47. The molecule has 0 radical (unpaired) electrons. The molecule has 0 bridgehead atoms. The van der Waals surface area contributed by atoms with Gasteiger partial charge in [0.1, 0.15) is 16.5 Å². The maximum absolute atomic E-state index is 11.7. The first-order chi connectivity index (χ1) is 13.5. The van der Waals surface area contributed by atoms with Crippen LogP contribution in [0.1, 0.15) is 61.7 Å². The van der Waals surface area contributed by atoms with Gasteiger partial charge in [-0.3, -0.25) is 9.11 Å². The number of hydrogen-bond donors (Lipinski definition) is 1. The van der Waals surface area contributed by atoms with Crippen molar-refractivity contribution in [3.05, 3.63) is 16.3 Å². The van der Waals surface area contributed by atoms with E-state index in [1.54, 1.807) is 0 Å². The first kappa shape index (κ1) is 18.9. The number of hydrogen-bond acceptors (Lipinski definition) is 6. The second-order valence-corrected chi connectivity index (χ2v) is 11.9. The van der Waals surface area contributed by atoms with Crippen LogP contribution < -0.4 is 5.32 Å². The van der Waals surface area contributed by atoms with Crippen LogP contribution in [0.4, 0.5) is 5.82 Å². The highest BCUT2D eigenvalue weighted by atomic mass is 32.2. The molecule has 5 rings (SSSR count). The largest absolute Gasteiger partial charge is 0.368 e. The molecule has 28 heavy (non-hydrogen) atoms. The van der Waals surface area contributed by atoms with Crippen molar-refractivity contribution in [1.29, 1.82) is 0 Å². The number of fused-ring (bicyclic) bond motifs is 3. The van der Waals surface area contributed by atoms with Crippen molar-refractivity contribution in [1.82, 2.24) is 14.9 Å². The predicted octanol–water partition coefficient (Wildman–Crippen LogP) is 3.70. The van der Waals surface area contributed by atoms with Gasteiger partial charge in [0.05, 0.1) is 5.39 Å². The minimum atomic E-state index is -0.633. The Balaban J connectivity index is 1.44. The van der Waals surface area contributed by atoms with Crippen LogP contribution in [0, 0.1) is 0 Å². The van der Waals surface area contributed by atoms with Gasteiger partial charge in [-0.1, -0.05) is 0 Å². The Bertz CT molecular complexity index is 909. The summed E-state index contributed by atoms with van der Waals surface area (Å²) in [6, 6.07) is 0. The number of nitrogens with one attached hydrogen (secondary N) is 1. The lowest BCUT2D eigenvalue weighted by Gasteiger charge is -2.40. The van der Waals surface area contributed by atoms with Gasteiger partial charge in [-0.05, 0) is 57.9 Å². The lowest BCUT2D eigenvalue weighted by Crippen LogP contribution is -2.53. The summed E-state index contributed by atoms with van der Waals surface area (Å²) in [6.07, 6.45) is 7.40. The van der Waals surface area contributed by atoms with Crippen LogP contribution in [0.5, 0.6) is 0 Å². The van der Waals surface area contributed by atoms with E-state index in [1.807, 2.05) is 11.3 Å². The number of thiophene rings is 1. The van der Waals surface area contributed by atoms with E-state index in [0.29, 0.717) is 5.92 Å². The van der Waals surface area contributed by atoms with Crippen molar-refractivity contribution in [2.75, 3.05) is 36.5 Å². The summed E-state index contributed by atoms with van der Waals surface area (Å²) in [5.74, 6) is 4.25. The molecular weight excluding hydrogens is 388 g/mol. The minimum Gasteiger partial charge on any atom is -0.368 e. The van der Waals surface area contributed by atoms with Crippen LogP contribution in [0.2, 0.25) is 0 Å². The number of nitrogens with zero attached hydrogens (tertiary/aromatic N) is 3. The highest BCUT2D eigenvalue weighted by molar-refractivity contribution is 7.85. The van der Waals surface area contributed by atoms with Crippen molar-refractivity contribution in [2.45, 2.75) is 63.8 Å². The molecule has 5 nitrogen and oxygen atoms in total. The van der Waals surface area contributed by atoms with E-state index in [0.717, 1.165) is 49.2 Å². The SMILES string of the molecule is CC(C)(CNc1nc(C2CC2)nc2sc3c(c12)CCCC3)N1CCS(=O)CC1. The Morgan fingerprint density at radius 2 is 1.93 bits per heavy atom. The van der Waals surface area contributed by atoms with E-state index < -0.39 is 10.8 Å². The van der Waals surface area contributed by atoms with Crippen LogP contribution in [0.15, 0.2) is 0 Å². The lowest BCUT2D eigenvalue weighted by atomic mass is 9.96. The van der Waals surface area contributed by atoms with E-state index in [4.69, 9.17) is 9.97 Å². The molecule has 1 saturated heterocycles. The van der Waals surface area contributed by atoms with E-state index in [1.165, 1.54) is 52.8 Å². The molecule has 2 aromatic heterocycles. The molecule has 2 aromatic rings. The van der Waals surface area contributed by atoms with E-state index >= 15 is 0 Å². The van der Waals surface area contributed by atoms with Gasteiger partial charge in [0.2, 0.25) is 0 Å². The maximum atomic E-state index is 11.7. The third-order valence-corrected chi connectivity index (χ3v) is 8.96. The molecule has 3 aliphatic rings. The van der Waals surface area contributed by atoms with Crippen LogP contribution in [-0.2, 0) is 23.6 Å². The smallest absolute Gasteiger partial charge is 0.138 e. The Morgan fingerprint density at radius 1 is 1.18 bits per heavy atom. The quantitative estimate of drug-likeness (QED) is 0.802. The second-order valence-electron chi connectivity index (χ2n) is 9.10. The van der Waals surface area contributed by atoms with E-state index in [-0.39, 0.29) is 5.54 Å². The summed E-state index contributed by atoms with van der Waals surface area (Å²) in [5.41, 5.74) is 1.51. The number of anilines is 1. The summed E-state index contributed by atoms with van der Waals surface area (Å²) in [7, 11) is -0.633. The molecular formula is C21H30N4OS2. The zero-order valence-corrected chi connectivity index (χ0v) is 18.6. The summed E-state index contributed by atoms with van der Waals surface area (Å²) >= 11 is 1.90. The highest BCUT2D eigenvalue weighted by Crippen LogP contribution is 2.43. The first-order valence-electron chi connectivity index (χ1n) is 10.7. The number of rotatable bonds is 5. The molecule has 1 saturated carbocycles. The third-order valence-electron chi connectivity index (χ3n) is 6.50. The summed E-state index contributed by atoms with van der Waals surface area (Å²) in [6.45, 7) is 7.26. The molecule has 2 aliphatic carbocycles. The summed E-state index contributed by atoms with van der Waals surface area (Å²) < 4.78 is 11.7. The van der Waals surface area contributed by atoms with Crippen LogP contribution in [0.3, 0.4) is 0 Å². The van der Waals surface area contributed by atoms with Crippen LogP contribution >= 0.6 is 11.3 Å². The molecule has 0 aromatic carbocycles. The minimum absolute atomic E-state index is 0.0116. The van der Waals surface area contributed by atoms with E-state index in [2.05, 4.69) is 24.1 Å². The molecule has 1 N–H and O–H groups in total. The lowest BCUT2D eigenvalue weighted by molar-refractivity contribution is 0.145. The van der Waals surface area contributed by atoms with Gasteiger partial charge in [-0.2, -0.15) is 0 Å². The topological polar surface area (TPSA) is 58.1 Å². The summed E-state index contributed by atoms with van der Waals surface area (Å²) in [4.78, 5) is 15.2. The first-order valence-corrected chi connectivity index (χ1v) is 13.0. The Labute approximate surface area is 173 Å². The monoisotopic (exact) mass is 418 g/mol. The van der Waals surface area contributed by atoms with Crippen molar-refractivity contribution in [3.63, 3.8) is 0 Å². The van der Waals surface area contributed by atoms with Crippen molar-refractivity contribution in [3.8, 4) is 0 Å². The zero-order chi connectivity index (χ0) is 19.3. The molecule has 0 atom stereocenters. The average molecular weight is 419 g/mol. The fourth-order valence-electron chi connectivity index (χ4n) is 4.48. The number of aryl methyl sites for hydroxylation is 2. The molecule has 152 valence electrons. The third kappa shape index (κ3) is 3.61. The molecule has 7 heteroatoms. The molecule has 2 fully saturated rings. The number of aromatic nitrogens is 2. The molecule has 0 spiro atoms. The zero-order valence-electron chi connectivity index (χ0n) is 16.9. The maximum Gasteiger partial charge on any atom is 0.138 e. The van der Waals surface area contributed by atoms with Gasteiger partial charge in [0.25, 0.3) is 0 Å². The van der Waals surface area contributed by atoms with Gasteiger partial charge < -0.3 is 5.32 Å². The van der Waals surface area contributed by atoms with Crippen LogP contribution in [0.25, 0.3) is 10.2 Å². The Morgan fingerprint density at radius 3 is 2.68 bits per heavy atom. The van der Waals surface area contributed by atoms with Crippen molar-refractivity contribution in [2.24, 2.45) is 0 Å². The van der Waals surface area contributed by atoms with Crippen molar-refractivity contribution < 1.29 is 4.21 Å². The second kappa shape index (κ2) is 7.33. The van der Waals surface area contributed by atoms with Crippen molar-refractivity contribution >= 4 is 38.2 Å².